The van der Waals surface area contributed by atoms with E-state index in [1.165, 1.54) is 0 Å². The highest BCUT2D eigenvalue weighted by molar-refractivity contribution is 6.00. The molecule has 0 aliphatic carbocycles. The van der Waals surface area contributed by atoms with Crippen molar-refractivity contribution in [2.24, 2.45) is 0 Å². The molecular formula is C21H22N4O3. The van der Waals surface area contributed by atoms with Gasteiger partial charge in [-0.3, -0.25) is 4.79 Å². The molecule has 0 N–H and O–H groups in total. The van der Waals surface area contributed by atoms with Crippen LogP contribution in [0.3, 0.4) is 0 Å². The summed E-state index contributed by atoms with van der Waals surface area (Å²) in [4.78, 5) is 21.7. The van der Waals surface area contributed by atoms with E-state index >= 15 is 0 Å². The summed E-state index contributed by atoms with van der Waals surface area (Å²) < 4.78 is 10.7. The molecule has 4 rings (SSSR count). The van der Waals surface area contributed by atoms with Gasteiger partial charge in [-0.1, -0.05) is 29.4 Å². The van der Waals surface area contributed by atoms with E-state index in [-0.39, 0.29) is 5.91 Å². The van der Waals surface area contributed by atoms with E-state index in [0.717, 1.165) is 24.4 Å². The predicted molar refractivity (Wildman–Crippen MR) is 105 cm³/mol. The average molecular weight is 378 g/mol. The Bertz CT molecular complexity index is 977. The lowest BCUT2D eigenvalue weighted by molar-refractivity contribution is 0.0664. The molecule has 0 unspecified atom stereocenters. The van der Waals surface area contributed by atoms with E-state index in [4.69, 9.17) is 9.26 Å². The summed E-state index contributed by atoms with van der Waals surface area (Å²) in [5, 5.41) is 4.09. The summed E-state index contributed by atoms with van der Waals surface area (Å²) in [6, 6.07) is 14.8. The molecule has 0 atom stereocenters. The van der Waals surface area contributed by atoms with Gasteiger partial charge in [-0.25, -0.2) is 0 Å². The molecule has 1 aliphatic rings. The molecule has 144 valence electrons. The summed E-state index contributed by atoms with van der Waals surface area (Å²) in [6.07, 6.45) is 0. The number of piperazine rings is 1. The van der Waals surface area contributed by atoms with Crippen molar-refractivity contribution < 1.29 is 14.1 Å². The normalized spacial score (nSPS) is 14.9. The lowest BCUT2D eigenvalue weighted by Gasteiger charge is -2.32. The highest BCUT2D eigenvalue weighted by Gasteiger charge is 2.24. The second-order valence-electron chi connectivity index (χ2n) is 6.80. The molecule has 7 nitrogen and oxygen atoms in total. The summed E-state index contributed by atoms with van der Waals surface area (Å²) in [5.74, 6) is 1.49. The van der Waals surface area contributed by atoms with Crippen LogP contribution in [0.4, 0.5) is 0 Å². The minimum absolute atomic E-state index is 0.00942. The minimum Gasteiger partial charge on any atom is -0.497 e. The van der Waals surface area contributed by atoms with Crippen LogP contribution in [0.2, 0.25) is 0 Å². The van der Waals surface area contributed by atoms with Gasteiger partial charge in [-0.15, -0.1) is 0 Å². The van der Waals surface area contributed by atoms with Crippen molar-refractivity contribution in [2.75, 3.05) is 40.3 Å². The first-order chi connectivity index (χ1) is 13.7. The van der Waals surface area contributed by atoms with Gasteiger partial charge in [-0.2, -0.15) is 4.98 Å². The number of hydrogen-bond donors (Lipinski definition) is 0. The standard InChI is InChI=1S/C21H22N4O3/c1-24-10-12-25(13-11-24)21(26)18-9-4-3-8-17(18)20-22-19(23-28-20)15-6-5-7-16(14-15)27-2/h3-9,14H,10-13H2,1-2H3. The first-order valence-electron chi connectivity index (χ1n) is 9.21. The highest BCUT2D eigenvalue weighted by Crippen LogP contribution is 2.27. The van der Waals surface area contributed by atoms with Crippen molar-refractivity contribution >= 4 is 5.91 Å². The number of ether oxygens (including phenoxy) is 1. The Morgan fingerprint density at radius 3 is 2.64 bits per heavy atom. The van der Waals surface area contributed by atoms with Crippen LogP contribution in [-0.4, -0.2) is 66.2 Å². The number of benzene rings is 2. The van der Waals surface area contributed by atoms with E-state index in [0.29, 0.717) is 35.9 Å². The second kappa shape index (κ2) is 7.82. The van der Waals surface area contributed by atoms with Gasteiger partial charge in [-0.05, 0) is 31.3 Å². The Balaban J connectivity index is 1.64. The zero-order valence-electron chi connectivity index (χ0n) is 16.0. The Morgan fingerprint density at radius 1 is 1.07 bits per heavy atom. The van der Waals surface area contributed by atoms with Crippen molar-refractivity contribution in [3.8, 4) is 28.6 Å². The SMILES string of the molecule is COc1cccc(-c2noc(-c3ccccc3C(=O)N3CCN(C)CC3)n2)c1. The molecular weight excluding hydrogens is 356 g/mol. The molecule has 1 fully saturated rings. The molecule has 0 saturated carbocycles. The van der Waals surface area contributed by atoms with Gasteiger partial charge in [0, 0.05) is 31.7 Å². The van der Waals surface area contributed by atoms with Gasteiger partial charge in [0.25, 0.3) is 11.8 Å². The summed E-state index contributed by atoms with van der Waals surface area (Å²) >= 11 is 0. The fourth-order valence-electron chi connectivity index (χ4n) is 3.25. The minimum atomic E-state index is -0.00942. The molecule has 1 saturated heterocycles. The Kier molecular flexibility index (Phi) is 5.08. The maximum absolute atomic E-state index is 13.1. The summed E-state index contributed by atoms with van der Waals surface area (Å²) in [7, 11) is 3.68. The Hall–Kier alpha value is -3.19. The van der Waals surface area contributed by atoms with Crippen LogP contribution in [-0.2, 0) is 0 Å². The Morgan fingerprint density at radius 2 is 1.86 bits per heavy atom. The van der Waals surface area contributed by atoms with E-state index in [9.17, 15) is 4.79 Å². The molecule has 0 bridgehead atoms. The number of hydrogen-bond acceptors (Lipinski definition) is 6. The molecule has 2 heterocycles. The third-order valence-electron chi connectivity index (χ3n) is 4.93. The third kappa shape index (κ3) is 3.61. The van der Waals surface area contributed by atoms with Crippen LogP contribution in [0.15, 0.2) is 53.1 Å². The van der Waals surface area contributed by atoms with Crippen LogP contribution in [0.5, 0.6) is 5.75 Å². The van der Waals surface area contributed by atoms with E-state index in [2.05, 4.69) is 22.1 Å². The van der Waals surface area contributed by atoms with Crippen LogP contribution in [0.25, 0.3) is 22.8 Å². The van der Waals surface area contributed by atoms with Crippen LogP contribution < -0.4 is 4.74 Å². The van der Waals surface area contributed by atoms with Gasteiger partial charge in [0.2, 0.25) is 5.82 Å². The number of nitrogens with zero attached hydrogens (tertiary/aromatic N) is 4. The molecule has 1 aromatic heterocycles. The van der Waals surface area contributed by atoms with E-state index in [1.54, 1.807) is 7.11 Å². The maximum Gasteiger partial charge on any atom is 0.259 e. The van der Waals surface area contributed by atoms with Crippen LogP contribution in [0, 0.1) is 0 Å². The molecule has 3 aromatic rings. The van der Waals surface area contributed by atoms with Gasteiger partial charge >= 0.3 is 0 Å². The third-order valence-corrected chi connectivity index (χ3v) is 4.93. The smallest absolute Gasteiger partial charge is 0.259 e. The zero-order valence-corrected chi connectivity index (χ0v) is 16.0. The zero-order chi connectivity index (χ0) is 19.5. The predicted octanol–water partition coefficient (Wildman–Crippen LogP) is 2.80. The fourth-order valence-corrected chi connectivity index (χ4v) is 3.25. The fraction of sp³-hybridized carbons (Fsp3) is 0.286. The first-order valence-corrected chi connectivity index (χ1v) is 9.21. The lowest BCUT2D eigenvalue weighted by atomic mass is 10.1. The number of amides is 1. The average Bonchev–Trinajstić information content (AvgIpc) is 3.24. The molecule has 0 radical (unpaired) electrons. The largest absolute Gasteiger partial charge is 0.497 e. The van der Waals surface area contributed by atoms with Crippen LogP contribution >= 0.6 is 0 Å². The topological polar surface area (TPSA) is 71.7 Å². The molecule has 28 heavy (non-hydrogen) atoms. The van der Waals surface area contributed by atoms with Crippen molar-refractivity contribution in [2.45, 2.75) is 0 Å². The lowest BCUT2D eigenvalue weighted by Crippen LogP contribution is -2.47. The van der Waals surface area contributed by atoms with E-state index < -0.39 is 0 Å². The summed E-state index contributed by atoms with van der Waals surface area (Å²) in [6.45, 7) is 3.16. The quantitative estimate of drug-likeness (QED) is 0.695. The van der Waals surface area contributed by atoms with Crippen LogP contribution in [0.1, 0.15) is 10.4 Å². The number of methoxy groups -OCH3 is 1. The molecule has 2 aromatic carbocycles. The molecule has 7 heteroatoms. The second-order valence-corrected chi connectivity index (χ2v) is 6.80. The van der Waals surface area contributed by atoms with Gasteiger partial charge in [0.15, 0.2) is 0 Å². The number of aromatic nitrogens is 2. The molecule has 1 amide bonds. The first kappa shape index (κ1) is 18.2. The Labute approximate surface area is 163 Å². The van der Waals surface area contributed by atoms with Crippen molar-refractivity contribution in [3.63, 3.8) is 0 Å². The van der Waals surface area contributed by atoms with Gasteiger partial charge in [0.05, 0.1) is 18.2 Å². The number of rotatable bonds is 4. The van der Waals surface area contributed by atoms with Crippen molar-refractivity contribution in [1.29, 1.82) is 0 Å². The molecule has 1 aliphatic heterocycles. The summed E-state index contributed by atoms with van der Waals surface area (Å²) in [5.41, 5.74) is 2.01. The number of carbonyl (C=O) groups excluding carboxylic acids is 1. The number of likely N-dealkylation sites (N-methyl/N-ethyl adjacent to an activating group) is 1. The molecule has 0 spiro atoms. The van der Waals surface area contributed by atoms with Crippen molar-refractivity contribution in [3.05, 3.63) is 54.1 Å². The van der Waals surface area contributed by atoms with E-state index in [1.807, 2.05) is 53.4 Å². The maximum atomic E-state index is 13.1. The van der Waals surface area contributed by atoms with Gasteiger partial charge < -0.3 is 19.1 Å². The van der Waals surface area contributed by atoms with Crippen molar-refractivity contribution in [1.82, 2.24) is 19.9 Å². The van der Waals surface area contributed by atoms with Gasteiger partial charge in [0.1, 0.15) is 5.75 Å². The highest BCUT2D eigenvalue weighted by atomic mass is 16.5. The monoisotopic (exact) mass is 378 g/mol. The number of carbonyl (C=O) groups is 1.